The van der Waals surface area contributed by atoms with Gasteiger partial charge in [-0.05, 0) is 60.0 Å². The third-order valence-electron chi connectivity index (χ3n) is 6.16. The summed E-state index contributed by atoms with van der Waals surface area (Å²) >= 11 is 6.14. The summed E-state index contributed by atoms with van der Waals surface area (Å²) in [7, 11) is 0. The molecule has 3 aromatic carbocycles. The third-order valence-corrected chi connectivity index (χ3v) is 6.41. The zero-order chi connectivity index (χ0) is 23.4. The lowest BCUT2D eigenvalue weighted by molar-refractivity contribution is 0.100. The average Bonchev–Trinajstić information content (AvgIpc) is 2.84. The minimum absolute atomic E-state index is 0.0130. The van der Waals surface area contributed by atoms with Crippen LogP contribution < -0.4 is 4.90 Å². The Morgan fingerprint density at radius 1 is 1.00 bits per heavy atom. The normalized spacial score (nSPS) is 17.2. The van der Waals surface area contributed by atoms with E-state index in [4.69, 9.17) is 16.9 Å². The van der Waals surface area contributed by atoms with Gasteiger partial charge in [-0.15, -0.1) is 0 Å². The van der Waals surface area contributed by atoms with Crippen molar-refractivity contribution in [3.8, 4) is 12.1 Å². The van der Waals surface area contributed by atoms with Gasteiger partial charge in [0, 0.05) is 31.2 Å². The zero-order valence-corrected chi connectivity index (χ0v) is 19.2. The molecule has 0 amide bonds. The maximum atomic E-state index is 10.8. The van der Waals surface area contributed by atoms with E-state index < -0.39 is 6.10 Å². The molecule has 3 aromatic rings. The van der Waals surface area contributed by atoms with E-state index in [1.807, 2.05) is 61.5 Å². The topological polar surface area (TPSA) is 74.3 Å². The highest BCUT2D eigenvalue weighted by Gasteiger charge is 2.31. The van der Waals surface area contributed by atoms with Gasteiger partial charge >= 0.3 is 0 Å². The maximum Gasteiger partial charge on any atom is 0.101 e. The first-order valence-electron chi connectivity index (χ1n) is 10.9. The summed E-state index contributed by atoms with van der Waals surface area (Å²) in [5.74, 6) is 0. The molecule has 2 unspecified atom stereocenters. The van der Waals surface area contributed by atoms with Gasteiger partial charge in [0.25, 0.3) is 0 Å². The smallest absolute Gasteiger partial charge is 0.101 e. The van der Waals surface area contributed by atoms with Gasteiger partial charge in [-0.2, -0.15) is 10.5 Å². The van der Waals surface area contributed by atoms with Crippen LogP contribution in [0.1, 0.15) is 40.0 Å². The average molecular weight is 457 g/mol. The Morgan fingerprint density at radius 2 is 1.73 bits per heavy atom. The molecule has 1 fully saturated rings. The molecule has 2 atom stereocenters. The van der Waals surface area contributed by atoms with Crippen LogP contribution in [0.2, 0.25) is 5.02 Å². The lowest BCUT2D eigenvalue weighted by atomic mass is 9.98. The lowest BCUT2D eigenvalue weighted by Gasteiger charge is -2.44. The second-order valence-corrected chi connectivity index (χ2v) is 8.84. The van der Waals surface area contributed by atoms with Crippen LogP contribution in [-0.2, 0) is 0 Å². The van der Waals surface area contributed by atoms with Crippen LogP contribution in [-0.4, -0.2) is 36.2 Å². The number of benzene rings is 3. The number of halogens is 1. The highest BCUT2D eigenvalue weighted by molar-refractivity contribution is 6.30. The highest BCUT2D eigenvalue weighted by atomic mass is 35.5. The first-order chi connectivity index (χ1) is 16.0. The van der Waals surface area contributed by atoms with Gasteiger partial charge in [0.1, 0.15) is 6.07 Å². The molecule has 0 saturated carbocycles. The summed E-state index contributed by atoms with van der Waals surface area (Å²) in [6.45, 7) is 4.67. The quantitative estimate of drug-likeness (QED) is 0.585. The number of anilines is 1. The molecular formula is C27H25ClN4O. The Bertz CT molecular complexity index is 1190. The number of nitrogens with zero attached hydrogens (tertiary/aromatic N) is 4. The predicted molar refractivity (Wildman–Crippen MR) is 130 cm³/mol. The van der Waals surface area contributed by atoms with E-state index in [2.05, 4.69) is 21.9 Å². The summed E-state index contributed by atoms with van der Waals surface area (Å²) in [5.41, 5.74) is 5.14. The second kappa shape index (κ2) is 10.1. The highest BCUT2D eigenvalue weighted by Crippen LogP contribution is 2.34. The number of nitriles is 2. The molecule has 1 aliphatic rings. The van der Waals surface area contributed by atoms with Crippen LogP contribution in [0.3, 0.4) is 0 Å². The predicted octanol–water partition coefficient (Wildman–Crippen LogP) is 4.99. The summed E-state index contributed by atoms with van der Waals surface area (Å²) < 4.78 is 0. The molecule has 1 aliphatic heterocycles. The van der Waals surface area contributed by atoms with E-state index in [0.717, 1.165) is 35.5 Å². The number of aliphatic hydroxyl groups is 1. The Hall–Kier alpha value is -3.35. The van der Waals surface area contributed by atoms with Gasteiger partial charge in [-0.25, -0.2) is 0 Å². The van der Waals surface area contributed by atoms with Crippen molar-refractivity contribution < 1.29 is 5.11 Å². The zero-order valence-electron chi connectivity index (χ0n) is 18.4. The minimum Gasteiger partial charge on any atom is -0.387 e. The molecule has 5 nitrogen and oxygen atoms in total. The minimum atomic E-state index is -0.649. The molecule has 1 heterocycles. The molecule has 0 aliphatic carbocycles. The number of β-amino-alcohol motifs (C(OH)–C–C–N with tert-alkyl or cyclic N) is 1. The molecule has 33 heavy (non-hydrogen) atoms. The van der Waals surface area contributed by atoms with Crippen LogP contribution in [0.5, 0.6) is 0 Å². The van der Waals surface area contributed by atoms with Crippen molar-refractivity contribution in [2.75, 3.05) is 31.1 Å². The first kappa shape index (κ1) is 22.8. The van der Waals surface area contributed by atoms with Gasteiger partial charge in [-0.1, -0.05) is 41.9 Å². The van der Waals surface area contributed by atoms with E-state index in [1.54, 1.807) is 12.1 Å². The van der Waals surface area contributed by atoms with E-state index >= 15 is 0 Å². The molecule has 0 radical (unpaired) electrons. The summed E-state index contributed by atoms with van der Waals surface area (Å²) in [6.07, 6.45) is -0.649. The van der Waals surface area contributed by atoms with Crippen molar-refractivity contribution >= 4 is 17.3 Å². The molecule has 0 bridgehead atoms. The Kier molecular flexibility index (Phi) is 6.96. The third kappa shape index (κ3) is 5.18. The molecule has 166 valence electrons. The fraction of sp³-hybridized carbons (Fsp3) is 0.259. The summed E-state index contributed by atoms with van der Waals surface area (Å²) in [4.78, 5) is 4.53. The SMILES string of the molecule is Cc1ccc(N2CCN(CC(O)c3ccc(C#N)cc3)CC2c2ccc(Cl)cc2)c(C#N)c1. The van der Waals surface area contributed by atoms with E-state index in [-0.39, 0.29) is 6.04 Å². The fourth-order valence-electron chi connectivity index (χ4n) is 4.38. The van der Waals surface area contributed by atoms with Crippen molar-refractivity contribution in [1.82, 2.24) is 4.90 Å². The number of aryl methyl sites for hydroxylation is 1. The first-order valence-corrected chi connectivity index (χ1v) is 11.3. The number of hydrogen-bond donors (Lipinski definition) is 1. The van der Waals surface area contributed by atoms with Crippen LogP contribution in [0.25, 0.3) is 0 Å². The monoisotopic (exact) mass is 456 g/mol. The summed E-state index contributed by atoms with van der Waals surface area (Å²) in [5, 5.41) is 30.3. The van der Waals surface area contributed by atoms with Crippen molar-refractivity contribution in [3.63, 3.8) is 0 Å². The molecule has 4 rings (SSSR count). The Morgan fingerprint density at radius 3 is 2.39 bits per heavy atom. The van der Waals surface area contributed by atoms with Crippen LogP contribution >= 0.6 is 11.6 Å². The Labute approximate surface area is 199 Å². The van der Waals surface area contributed by atoms with Gasteiger partial charge < -0.3 is 10.0 Å². The second-order valence-electron chi connectivity index (χ2n) is 8.40. The molecule has 0 spiro atoms. The molecule has 6 heteroatoms. The number of aliphatic hydroxyl groups excluding tert-OH is 1. The number of rotatable bonds is 5. The van der Waals surface area contributed by atoms with Crippen molar-refractivity contribution in [2.45, 2.75) is 19.1 Å². The van der Waals surface area contributed by atoms with Crippen molar-refractivity contribution in [1.29, 1.82) is 10.5 Å². The van der Waals surface area contributed by atoms with Gasteiger partial charge in [0.2, 0.25) is 0 Å². The van der Waals surface area contributed by atoms with Crippen LogP contribution in [0.4, 0.5) is 5.69 Å². The van der Waals surface area contributed by atoms with Gasteiger partial charge in [0.05, 0.1) is 35.0 Å². The lowest BCUT2D eigenvalue weighted by Crippen LogP contribution is -2.49. The van der Waals surface area contributed by atoms with E-state index in [0.29, 0.717) is 29.2 Å². The molecule has 1 saturated heterocycles. The molecular weight excluding hydrogens is 432 g/mol. The number of hydrogen-bond acceptors (Lipinski definition) is 5. The maximum absolute atomic E-state index is 10.8. The largest absolute Gasteiger partial charge is 0.387 e. The van der Waals surface area contributed by atoms with Crippen LogP contribution in [0, 0.1) is 29.6 Å². The van der Waals surface area contributed by atoms with Gasteiger partial charge in [0.15, 0.2) is 0 Å². The molecule has 1 N–H and O–H groups in total. The van der Waals surface area contributed by atoms with Gasteiger partial charge in [-0.3, -0.25) is 4.90 Å². The van der Waals surface area contributed by atoms with Crippen LogP contribution in [0.15, 0.2) is 66.7 Å². The number of piperazine rings is 1. The fourth-order valence-corrected chi connectivity index (χ4v) is 4.51. The van der Waals surface area contributed by atoms with Crippen molar-refractivity contribution in [2.24, 2.45) is 0 Å². The standard InChI is InChI=1S/C27H25ClN4O/c1-19-2-11-25(23(14-19)16-30)32-13-12-31(17-26(32)21-7-9-24(28)10-8-21)18-27(33)22-5-3-20(15-29)4-6-22/h2-11,14,26-27,33H,12-13,17-18H2,1H3. The summed E-state index contributed by atoms with van der Waals surface area (Å²) in [6, 6.07) is 25.4. The van der Waals surface area contributed by atoms with E-state index in [9.17, 15) is 10.4 Å². The molecule has 0 aromatic heterocycles. The Balaban J connectivity index is 1.59. The van der Waals surface area contributed by atoms with Crippen molar-refractivity contribution in [3.05, 3.63) is 99.6 Å². The van der Waals surface area contributed by atoms with E-state index in [1.165, 1.54) is 0 Å².